The molecule has 1 aromatic carbocycles. The highest BCUT2D eigenvalue weighted by molar-refractivity contribution is 5.91. The summed E-state index contributed by atoms with van der Waals surface area (Å²) >= 11 is 0. The first-order valence-corrected chi connectivity index (χ1v) is 8.76. The van der Waals surface area contributed by atoms with E-state index in [0.29, 0.717) is 22.4 Å². The van der Waals surface area contributed by atoms with Crippen LogP contribution in [0.1, 0.15) is 28.2 Å². The van der Waals surface area contributed by atoms with Crippen molar-refractivity contribution >= 4 is 5.91 Å². The Bertz CT molecular complexity index is 1200. The predicted molar refractivity (Wildman–Crippen MR) is 102 cm³/mol. The Hall–Kier alpha value is -3.92. The molecule has 0 aliphatic heterocycles. The molecule has 0 aliphatic rings. The average molecular weight is 411 g/mol. The quantitative estimate of drug-likeness (QED) is 0.503. The fourth-order valence-corrected chi connectivity index (χ4v) is 2.95. The number of pyridine rings is 1. The lowest BCUT2D eigenvalue weighted by Crippen LogP contribution is -2.11. The summed E-state index contributed by atoms with van der Waals surface area (Å²) in [6.07, 6.45) is 2.55. The van der Waals surface area contributed by atoms with Gasteiger partial charge in [-0.1, -0.05) is 12.1 Å². The monoisotopic (exact) mass is 411 g/mol. The smallest absolute Gasteiger partial charge is 0.282 e. The van der Waals surface area contributed by atoms with Gasteiger partial charge in [-0.2, -0.15) is 5.10 Å². The van der Waals surface area contributed by atoms with Gasteiger partial charge in [0.15, 0.2) is 5.69 Å². The topological polar surface area (TPSA) is 120 Å². The third-order valence-electron chi connectivity index (χ3n) is 4.43. The van der Waals surface area contributed by atoms with Gasteiger partial charge in [0.25, 0.3) is 12.3 Å². The summed E-state index contributed by atoms with van der Waals surface area (Å²) in [5.74, 6) is -0.727. The lowest BCUT2D eigenvalue weighted by atomic mass is 10.0. The number of alkyl halides is 2. The van der Waals surface area contributed by atoms with E-state index in [9.17, 15) is 18.7 Å². The number of nitrogens with two attached hydrogens (primary N) is 1. The molecule has 0 saturated heterocycles. The number of aromatic nitrogens is 4. The van der Waals surface area contributed by atoms with Crippen molar-refractivity contribution in [2.75, 3.05) is 0 Å². The third-order valence-corrected chi connectivity index (χ3v) is 4.43. The van der Waals surface area contributed by atoms with Gasteiger partial charge in [-0.15, -0.1) is 0 Å². The van der Waals surface area contributed by atoms with Gasteiger partial charge < -0.3 is 15.3 Å². The Kier molecular flexibility index (Phi) is 5.07. The molecule has 10 heteroatoms. The van der Waals surface area contributed by atoms with Crippen LogP contribution in [0, 0.1) is 0 Å². The lowest BCUT2D eigenvalue weighted by molar-refractivity contribution is 0.0995. The Morgan fingerprint density at radius 2 is 1.93 bits per heavy atom. The molecule has 0 aliphatic carbocycles. The van der Waals surface area contributed by atoms with Gasteiger partial charge in [-0.05, 0) is 23.8 Å². The largest absolute Gasteiger partial charge is 0.444 e. The number of primary amides is 1. The first kappa shape index (κ1) is 19.4. The minimum Gasteiger partial charge on any atom is -0.444 e. The van der Waals surface area contributed by atoms with Crippen molar-refractivity contribution in [1.82, 2.24) is 19.7 Å². The zero-order valence-corrected chi connectivity index (χ0v) is 15.4. The molecular weight excluding hydrogens is 396 g/mol. The number of aliphatic hydroxyl groups is 1. The van der Waals surface area contributed by atoms with Crippen LogP contribution in [0.4, 0.5) is 8.78 Å². The van der Waals surface area contributed by atoms with E-state index in [1.165, 1.54) is 29.3 Å². The second kappa shape index (κ2) is 7.84. The zero-order valence-electron chi connectivity index (χ0n) is 15.4. The van der Waals surface area contributed by atoms with Crippen LogP contribution in [0.2, 0.25) is 0 Å². The molecule has 0 radical (unpaired) electrons. The van der Waals surface area contributed by atoms with Crippen molar-refractivity contribution in [2.24, 2.45) is 5.73 Å². The van der Waals surface area contributed by atoms with Gasteiger partial charge in [-0.25, -0.2) is 18.4 Å². The molecule has 0 fully saturated rings. The molecule has 4 aromatic rings. The summed E-state index contributed by atoms with van der Waals surface area (Å²) in [6.45, 7) is -0.130. The predicted octanol–water partition coefficient (Wildman–Crippen LogP) is 3.12. The molecule has 0 saturated carbocycles. The molecule has 0 unspecified atom stereocenters. The molecular formula is C20H15F2N5O3. The van der Waals surface area contributed by atoms with Crippen LogP contribution in [0.3, 0.4) is 0 Å². The van der Waals surface area contributed by atoms with Crippen LogP contribution in [0.25, 0.3) is 28.3 Å². The Morgan fingerprint density at radius 1 is 1.17 bits per heavy atom. The van der Waals surface area contributed by atoms with Crippen molar-refractivity contribution < 1.29 is 23.1 Å². The molecule has 0 spiro atoms. The number of nitrogens with zero attached hydrogens (tertiary/aromatic N) is 4. The van der Waals surface area contributed by atoms with E-state index in [0.717, 1.165) is 6.26 Å². The number of rotatable bonds is 6. The van der Waals surface area contributed by atoms with Gasteiger partial charge in [-0.3, -0.25) is 9.78 Å². The molecule has 8 nitrogen and oxygen atoms in total. The molecule has 3 aromatic heterocycles. The molecule has 1 amide bonds. The molecule has 0 bridgehead atoms. The number of amides is 1. The van der Waals surface area contributed by atoms with Crippen LogP contribution < -0.4 is 5.73 Å². The van der Waals surface area contributed by atoms with Crippen molar-refractivity contribution in [3.05, 3.63) is 72.1 Å². The van der Waals surface area contributed by atoms with Gasteiger partial charge in [0.1, 0.15) is 12.0 Å². The lowest BCUT2D eigenvalue weighted by Gasteiger charge is -2.05. The van der Waals surface area contributed by atoms with E-state index in [2.05, 4.69) is 15.1 Å². The first-order valence-electron chi connectivity index (χ1n) is 8.76. The minimum absolute atomic E-state index is 0.0430. The van der Waals surface area contributed by atoms with Gasteiger partial charge >= 0.3 is 0 Å². The number of carbonyl (C=O) groups is 1. The molecule has 152 valence electrons. The summed E-state index contributed by atoms with van der Waals surface area (Å²) in [6, 6.07) is 8.21. The highest BCUT2D eigenvalue weighted by Gasteiger charge is 2.24. The van der Waals surface area contributed by atoms with E-state index in [4.69, 9.17) is 10.2 Å². The fourth-order valence-electron chi connectivity index (χ4n) is 2.95. The van der Waals surface area contributed by atoms with E-state index >= 15 is 0 Å². The van der Waals surface area contributed by atoms with Crippen molar-refractivity contribution in [1.29, 1.82) is 0 Å². The summed E-state index contributed by atoms with van der Waals surface area (Å²) < 4.78 is 34.2. The maximum atomic E-state index is 13.8. The van der Waals surface area contributed by atoms with E-state index in [-0.39, 0.29) is 23.8 Å². The number of hydrogen-bond acceptors (Lipinski definition) is 6. The highest BCUT2D eigenvalue weighted by Crippen LogP contribution is 2.36. The van der Waals surface area contributed by atoms with E-state index in [1.54, 1.807) is 24.3 Å². The molecule has 4 rings (SSSR count). The van der Waals surface area contributed by atoms with Crippen molar-refractivity contribution in [3.63, 3.8) is 0 Å². The van der Waals surface area contributed by atoms with E-state index < -0.39 is 18.0 Å². The van der Waals surface area contributed by atoms with E-state index in [1.807, 2.05) is 0 Å². The van der Waals surface area contributed by atoms with Crippen molar-refractivity contribution in [3.8, 4) is 28.3 Å². The maximum absolute atomic E-state index is 13.8. The van der Waals surface area contributed by atoms with Gasteiger partial charge in [0, 0.05) is 35.3 Å². The molecule has 0 atom stereocenters. The number of benzene rings is 1. The Labute approximate surface area is 168 Å². The molecule has 3 N–H and O–H groups in total. The van der Waals surface area contributed by atoms with Gasteiger partial charge in [0.2, 0.25) is 5.89 Å². The highest BCUT2D eigenvalue weighted by atomic mass is 19.3. The summed E-state index contributed by atoms with van der Waals surface area (Å²) in [5, 5.41) is 13.2. The number of oxazole rings is 1. The normalized spacial score (nSPS) is 11.2. The van der Waals surface area contributed by atoms with Crippen LogP contribution in [-0.2, 0) is 6.61 Å². The van der Waals surface area contributed by atoms with Crippen LogP contribution >= 0.6 is 0 Å². The van der Waals surface area contributed by atoms with Crippen LogP contribution in [0.15, 0.2) is 59.6 Å². The van der Waals surface area contributed by atoms with Gasteiger partial charge in [0.05, 0.1) is 12.3 Å². The first-order chi connectivity index (χ1) is 14.5. The zero-order chi connectivity index (χ0) is 21.3. The maximum Gasteiger partial charge on any atom is 0.282 e. The minimum atomic E-state index is -2.85. The van der Waals surface area contributed by atoms with Crippen LogP contribution in [0.5, 0.6) is 0 Å². The number of halogens is 2. The SMILES string of the molecule is NC(=O)c1coc(-c2ccncc2-c2cn(-c3ccc(CO)cc3)nc2C(F)F)n1. The fraction of sp³-hybridized carbons (Fsp3) is 0.100. The average Bonchev–Trinajstić information content (AvgIpc) is 3.42. The van der Waals surface area contributed by atoms with Crippen molar-refractivity contribution in [2.45, 2.75) is 13.0 Å². The second-order valence-corrected chi connectivity index (χ2v) is 6.32. The summed E-state index contributed by atoms with van der Waals surface area (Å²) in [7, 11) is 0. The molecule has 30 heavy (non-hydrogen) atoms. The standard InChI is InChI=1S/C20H15F2N5O3/c21-18(22)17-15(8-27(26-17)12-3-1-11(9-28)2-4-12)14-7-24-6-5-13(14)20-25-16(10-30-20)19(23)29/h1-8,10,18,28H,9H2,(H2,23,29). The summed E-state index contributed by atoms with van der Waals surface area (Å²) in [5.41, 5.74) is 6.70. The third kappa shape index (κ3) is 3.55. The second-order valence-electron chi connectivity index (χ2n) is 6.32. The number of hydrogen-bond donors (Lipinski definition) is 2. The Balaban J connectivity index is 1.84. The molecule has 3 heterocycles. The number of aliphatic hydroxyl groups excluding tert-OH is 1. The summed E-state index contributed by atoms with van der Waals surface area (Å²) in [4.78, 5) is 19.3. The Morgan fingerprint density at radius 3 is 2.57 bits per heavy atom. The van der Waals surface area contributed by atoms with Crippen LogP contribution in [-0.4, -0.2) is 30.8 Å². The number of carbonyl (C=O) groups excluding carboxylic acids is 1.